The van der Waals surface area contributed by atoms with E-state index in [2.05, 4.69) is 6.92 Å². The van der Waals surface area contributed by atoms with Crippen LogP contribution in [0.5, 0.6) is 0 Å². The highest BCUT2D eigenvalue weighted by molar-refractivity contribution is 5.87. The van der Waals surface area contributed by atoms with Gasteiger partial charge in [-0.3, -0.25) is 4.79 Å². The predicted molar refractivity (Wildman–Crippen MR) is 61.8 cm³/mol. The van der Waals surface area contributed by atoms with Gasteiger partial charge in [0.25, 0.3) is 5.56 Å². The number of pyridine rings is 1. The third-order valence-electron chi connectivity index (χ3n) is 2.50. The number of unbranched alkanes of at least 4 members (excludes halogenated alkanes) is 3. The van der Waals surface area contributed by atoms with Crippen molar-refractivity contribution < 1.29 is 9.90 Å². The zero-order valence-electron chi connectivity index (χ0n) is 9.48. The van der Waals surface area contributed by atoms with E-state index in [9.17, 15) is 9.59 Å². The van der Waals surface area contributed by atoms with Crippen LogP contribution in [0, 0.1) is 0 Å². The monoisotopic (exact) mass is 223 g/mol. The second kappa shape index (κ2) is 6.10. The van der Waals surface area contributed by atoms with Crippen molar-refractivity contribution in [2.45, 2.75) is 39.2 Å². The van der Waals surface area contributed by atoms with E-state index in [-0.39, 0.29) is 11.1 Å². The molecule has 0 bridgehead atoms. The molecule has 0 radical (unpaired) electrons. The first-order valence-corrected chi connectivity index (χ1v) is 5.59. The van der Waals surface area contributed by atoms with Crippen LogP contribution >= 0.6 is 0 Å². The molecule has 0 aliphatic rings. The fourth-order valence-electron chi connectivity index (χ4n) is 1.53. The standard InChI is InChI=1S/C12H17NO3/c1-2-3-4-5-7-13-8-6-10(12(15)16)9-11(13)14/h6,8-9H,2-5,7H2,1H3,(H,15,16). The van der Waals surface area contributed by atoms with E-state index in [4.69, 9.17) is 5.11 Å². The number of carbonyl (C=O) groups is 1. The Labute approximate surface area is 94.5 Å². The number of carboxylic acid groups (broad SMARTS) is 1. The van der Waals surface area contributed by atoms with E-state index in [1.54, 1.807) is 10.8 Å². The average molecular weight is 223 g/mol. The lowest BCUT2D eigenvalue weighted by molar-refractivity contribution is 0.0696. The van der Waals surface area contributed by atoms with Crippen molar-refractivity contribution in [2.24, 2.45) is 0 Å². The Morgan fingerprint density at radius 2 is 2.12 bits per heavy atom. The van der Waals surface area contributed by atoms with Crippen LogP contribution in [0.4, 0.5) is 0 Å². The molecule has 1 rings (SSSR count). The number of carboxylic acids is 1. The molecule has 0 amide bonds. The summed E-state index contributed by atoms with van der Waals surface area (Å²) >= 11 is 0. The minimum atomic E-state index is -1.06. The van der Waals surface area contributed by atoms with Gasteiger partial charge in [-0.05, 0) is 12.5 Å². The number of hydrogen-bond acceptors (Lipinski definition) is 2. The van der Waals surface area contributed by atoms with Crippen LogP contribution in [-0.4, -0.2) is 15.6 Å². The summed E-state index contributed by atoms with van der Waals surface area (Å²) < 4.78 is 1.56. The molecule has 1 aromatic rings. The Balaban J connectivity index is 2.61. The summed E-state index contributed by atoms with van der Waals surface area (Å²) in [6, 6.07) is 2.63. The lowest BCUT2D eigenvalue weighted by Gasteiger charge is -2.05. The molecule has 1 N–H and O–H groups in total. The van der Waals surface area contributed by atoms with Gasteiger partial charge in [0.05, 0.1) is 5.56 Å². The molecular formula is C12H17NO3. The van der Waals surface area contributed by atoms with Crippen molar-refractivity contribution in [1.82, 2.24) is 4.57 Å². The van der Waals surface area contributed by atoms with Gasteiger partial charge in [0.1, 0.15) is 0 Å². The van der Waals surface area contributed by atoms with E-state index in [0.717, 1.165) is 19.3 Å². The van der Waals surface area contributed by atoms with Gasteiger partial charge in [-0.2, -0.15) is 0 Å². The summed E-state index contributed by atoms with van der Waals surface area (Å²) in [4.78, 5) is 22.1. The summed E-state index contributed by atoms with van der Waals surface area (Å²) in [5, 5.41) is 8.70. The van der Waals surface area contributed by atoms with E-state index in [0.29, 0.717) is 6.54 Å². The van der Waals surface area contributed by atoms with Crippen molar-refractivity contribution in [3.63, 3.8) is 0 Å². The highest BCUT2D eigenvalue weighted by Crippen LogP contribution is 2.01. The van der Waals surface area contributed by atoms with Crippen LogP contribution in [0.15, 0.2) is 23.1 Å². The maximum absolute atomic E-state index is 11.5. The number of aromatic carboxylic acids is 1. The molecule has 0 aromatic carbocycles. The highest BCUT2D eigenvalue weighted by atomic mass is 16.4. The third-order valence-corrected chi connectivity index (χ3v) is 2.50. The second-order valence-electron chi connectivity index (χ2n) is 3.81. The average Bonchev–Trinajstić information content (AvgIpc) is 2.26. The van der Waals surface area contributed by atoms with E-state index >= 15 is 0 Å². The number of aromatic nitrogens is 1. The van der Waals surface area contributed by atoms with Gasteiger partial charge in [0.15, 0.2) is 0 Å². The zero-order valence-corrected chi connectivity index (χ0v) is 9.48. The Bertz CT molecular complexity index is 409. The van der Waals surface area contributed by atoms with E-state index in [1.807, 2.05) is 0 Å². The molecule has 88 valence electrons. The molecule has 0 aliphatic heterocycles. The quantitative estimate of drug-likeness (QED) is 0.751. The minimum absolute atomic E-state index is 0.0507. The molecular weight excluding hydrogens is 206 g/mol. The molecule has 0 spiro atoms. The number of nitrogens with zero attached hydrogens (tertiary/aromatic N) is 1. The van der Waals surface area contributed by atoms with Crippen molar-refractivity contribution in [3.8, 4) is 0 Å². The highest BCUT2D eigenvalue weighted by Gasteiger charge is 2.04. The van der Waals surface area contributed by atoms with Crippen molar-refractivity contribution in [1.29, 1.82) is 0 Å². The summed E-state index contributed by atoms with van der Waals surface area (Å²) in [5.41, 5.74) is -0.189. The molecule has 1 heterocycles. The maximum atomic E-state index is 11.5. The Hall–Kier alpha value is -1.58. The summed E-state index contributed by atoms with van der Waals surface area (Å²) in [6.45, 7) is 2.80. The summed E-state index contributed by atoms with van der Waals surface area (Å²) in [6.07, 6.45) is 5.94. The van der Waals surface area contributed by atoms with Gasteiger partial charge in [-0.25, -0.2) is 4.79 Å². The van der Waals surface area contributed by atoms with Crippen LogP contribution in [0.1, 0.15) is 43.0 Å². The molecule has 16 heavy (non-hydrogen) atoms. The van der Waals surface area contributed by atoms with E-state index in [1.165, 1.54) is 18.6 Å². The second-order valence-corrected chi connectivity index (χ2v) is 3.81. The molecule has 0 saturated heterocycles. The lowest BCUT2D eigenvalue weighted by Crippen LogP contribution is -2.20. The normalized spacial score (nSPS) is 10.3. The summed E-state index contributed by atoms with van der Waals surface area (Å²) in [5.74, 6) is -1.06. The fraction of sp³-hybridized carbons (Fsp3) is 0.500. The first-order valence-electron chi connectivity index (χ1n) is 5.59. The Kier molecular flexibility index (Phi) is 4.76. The molecule has 1 aromatic heterocycles. The van der Waals surface area contributed by atoms with Crippen LogP contribution in [0.2, 0.25) is 0 Å². The Morgan fingerprint density at radius 3 is 2.69 bits per heavy atom. The van der Waals surface area contributed by atoms with Gasteiger partial charge >= 0.3 is 5.97 Å². The number of hydrogen-bond donors (Lipinski definition) is 1. The van der Waals surface area contributed by atoms with Crippen molar-refractivity contribution >= 4 is 5.97 Å². The molecule has 0 fully saturated rings. The van der Waals surface area contributed by atoms with Crippen LogP contribution in [0.3, 0.4) is 0 Å². The fourth-order valence-corrected chi connectivity index (χ4v) is 1.53. The first-order chi connectivity index (χ1) is 7.65. The third kappa shape index (κ3) is 3.53. The van der Waals surface area contributed by atoms with Gasteiger partial charge in [0.2, 0.25) is 0 Å². The van der Waals surface area contributed by atoms with Gasteiger partial charge in [0, 0.05) is 18.8 Å². The topological polar surface area (TPSA) is 59.3 Å². The molecule has 0 saturated carbocycles. The van der Waals surface area contributed by atoms with Gasteiger partial charge in [-0.15, -0.1) is 0 Å². The smallest absolute Gasteiger partial charge is 0.335 e. The minimum Gasteiger partial charge on any atom is -0.478 e. The Morgan fingerprint density at radius 1 is 1.38 bits per heavy atom. The van der Waals surface area contributed by atoms with Crippen LogP contribution < -0.4 is 5.56 Å². The first kappa shape index (κ1) is 12.5. The maximum Gasteiger partial charge on any atom is 0.335 e. The van der Waals surface area contributed by atoms with Crippen LogP contribution in [-0.2, 0) is 6.54 Å². The molecule has 0 atom stereocenters. The summed E-state index contributed by atoms with van der Waals surface area (Å²) in [7, 11) is 0. The molecule has 4 heteroatoms. The molecule has 0 aliphatic carbocycles. The molecule has 4 nitrogen and oxygen atoms in total. The SMILES string of the molecule is CCCCCCn1ccc(C(=O)O)cc1=O. The van der Waals surface area contributed by atoms with Gasteiger partial charge in [-0.1, -0.05) is 26.2 Å². The van der Waals surface area contributed by atoms with E-state index < -0.39 is 5.97 Å². The largest absolute Gasteiger partial charge is 0.478 e. The van der Waals surface area contributed by atoms with Crippen LogP contribution in [0.25, 0.3) is 0 Å². The van der Waals surface area contributed by atoms with Gasteiger partial charge < -0.3 is 9.67 Å². The zero-order chi connectivity index (χ0) is 12.0. The number of aryl methyl sites for hydroxylation is 1. The lowest BCUT2D eigenvalue weighted by atomic mass is 10.2. The van der Waals surface area contributed by atoms with Crippen molar-refractivity contribution in [2.75, 3.05) is 0 Å². The molecule has 0 unspecified atom stereocenters. The van der Waals surface area contributed by atoms with Crippen molar-refractivity contribution in [3.05, 3.63) is 34.2 Å². The number of rotatable bonds is 6. The predicted octanol–water partition coefficient (Wildman–Crippen LogP) is 2.13.